The van der Waals surface area contributed by atoms with Gasteiger partial charge in [-0.05, 0) is 60.6 Å². The highest BCUT2D eigenvalue weighted by molar-refractivity contribution is 6.01. The Labute approximate surface area is 245 Å². The molecule has 0 N–H and O–H groups in total. The first-order valence-electron chi connectivity index (χ1n) is 14.0. The van der Waals surface area contributed by atoms with E-state index >= 15 is 0 Å². The van der Waals surface area contributed by atoms with Crippen LogP contribution in [-0.2, 0) is 33.3 Å². The largest absolute Gasteiger partial charge is 0.416 e. The maximum Gasteiger partial charge on any atom is 0.416 e. The highest BCUT2D eigenvalue weighted by Gasteiger charge is 2.37. The van der Waals surface area contributed by atoms with Gasteiger partial charge < -0.3 is 14.7 Å². The molecule has 0 unspecified atom stereocenters. The average molecular weight is 610 g/mol. The molecule has 0 atom stereocenters. The number of rotatable bonds is 5. The monoisotopic (exact) mass is 609 g/mol. The maximum atomic E-state index is 13.8. The summed E-state index contributed by atoms with van der Waals surface area (Å²) in [6.45, 7) is 2.58. The summed E-state index contributed by atoms with van der Waals surface area (Å²) >= 11 is 0. The first kappa shape index (κ1) is 32.1. The van der Waals surface area contributed by atoms with Crippen molar-refractivity contribution in [3.05, 3.63) is 76.4 Å². The van der Waals surface area contributed by atoms with Crippen molar-refractivity contribution in [1.82, 2.24) is 14.7 Å². The first-order valence-corrected chi connectivity index (χ1v) is 14.0. The predicted molar refractivity (Wildman–Crippen MR) is 147 cm³/mol. The van der Waals surface area contributed by atoms with Crippen molar-refractivity contribution < 1.29 is 40.7 Å². The Morgan fingerprint density at radius 1 is 0.814 bits per heavy atom. The number of hydrogen-bond donors (Lipinski definition) is 0. The second-order valence-electron chi connectivity index (χ2n) is 11.0. The normalized spacial score (nSPS) is 17.1. The van der Waals surface area contributed by atoms with Crippen molar-refractivity contribution in [3.63, 3.8) is 0 Å². The molecule has 12 heteroatoms. The molecule has 1 saturated heterocycles. The van der Waals surface area contributed by atoms with Gasteiger partial charge in [0, 0.05) is 58.2 Å². The number of nitrogens with zero attached hydrogens (tertiary/aromatic N) is 3. The van der Waals surface area contributed by atoms with Crippen LogP contribution < -0.4 is 0 Å². The molecular weight excluding hydrogens is 576 g/mol. The van der Waals surface area contributed by atoms with Crippen LogP contribution in [0, 0.1) is 5.92 Å². The van der Waals surface area contributed by atoms with Crippen LogP contribution in [0.2, 0.25) is 0 Å². The lowest BCUT2D eigenvalue weighted by molar-refractivity contribution is -0.143. The molecule has 0 aromatic heterocycles. The maximum absolute atomic E-state index is 13.8. The van der Waals surface area contributed by atoms with E-state index in [2.05, 4.69) is 0 Å². The lowest BCUT2D eigenvalue weighted by Crippen LogP contribution is -2.44. The van der Waals surface area contributed by atoms with E-state index in [1.54, 1.807) is 21.9 Å². The summed E-state index contributed by atoms with van der Waals surface area (Å²) in [6.07, 6.45) is -8.40. The first-order chi connectivity index (χ1) is 20.1. The van der Waals surface area contributed by atoms with Crippen molar-refractivity contribution in [3.8, 4) is 0 Å². The van der Waals surface area contributed by atoms with E-state index in [1.807, 2.05) is 18.2 Å². The van der Waals surface area contributed by atoms with Gasteiger partial charge in [0.1, 0.15) is 0 Å². The molecule has 0 bridgehead atoms. The lowest BCUT2D eigenvalue weighted by Gasteiger charge is -2.33. The quantitative estimate of drug-likeness (QED) is 0.390. The Hall–Kier alpha value is -3.83. The highest BCUT2D eigenvalue weighted by atomic mass is 19.4. The number of hydrogen-bond acceptors (Lipinski definition) is 3. The van der Waals surface area contributed by atoms with E-state index in [1.165, 1.54) is 14.0 Å². The number of piperidine rings is 1. The van der Waals surface area contributed by atoms with E-state index in [9.17, 15) is 40.7 Å². The van der Waals surface area contributed by atoms with Crippen molar-refractivity contribution in [1.29, 1.82) is 0 Å². The van der Waals surface area contributed by atoms with Gasteiger partial charge in [-0.25, -0.2) is 0 Å². The van der Waals surface area contributed by atoms with Crippen LogP contribution in [0.3, 0.4) is 0 Å². The molecule has 2 aromatic rings. The van der Waals surface area contributed by atoms with E-state index in [0.29, 0.717) is 62.2 Å². The zero-order valence-corrected chi connectivity index (χ0v) is 23.9. The third-order valence-corrected chi connectivity index (χ3v) is 8.02. The average Bonchev–Trinajstić information content (AvgIpc) is 3.19. The van der Waals surface area contributed by atoms with Crippen molar-refractivity contribution in [2.45, 2.75) is 51.5 Å². The van der Waals surface area contributed by atoms with Crippen molar-refractivity contribution >= 4 is 23.3 Å². The van der Waals surface area contributed by atoms with Gasteiger partial charge in [-0.3, -0.25) is 14.4 Å². The van der Waals surface area contributed by atoms with E-state index < -0.39 is 35.9 Å². The molecule has 6 nitrogen and oxygen atoms in total. The summed E-state index contributed by atoms with van der Waals surface area (Å²) in [4.78, 5) is 43.4. The third-order valence-electron chi connectivity index (χ3n) is 8.02. The fourth-order valence-corrected chi connectivity index (χ4v) is 5.71. The van der Waals surface area contributed by atoms with E-state index in [-0.39, 0.29) is 42.3 Å². The number of halogens is 6. The van der Waals surface area contributed by atoms with Crippen LogP contribution in [-0.4, -0.2) is 65.6 Å². The molecule has 232 valence electrons. The smallest absolute Gasteiger partial charge is 0.343 e. The summed E-state index contributed by atoms with van der Waals surface area (Å²) in [5, 5.41) is 0. The third kappa shape index (κ3) is 7.77. The summed E-state index contributed by atoms with van der Waals surface area (Å²) in [7, 11) is 1.34. The van der Waals surface area contributed by atoms with Gasteiger partial charge in [0.2, 0.25) is 17.7 Å². The Morgan fingerprint density at radius 2 is 1.37 bits per heavy atom. The second-order valence-corrected chi connectivity index (χ2v) is 11.0. The fourth-order valence-electron chi connectivity index (χ4n) is 5.71. The molecule has 2 aromatic carbocycles. The Balaban J connectivity index is 1.57. The molecule has 0 saturated carbocycles. The lowest BCUT2D eigenvalue weighted by atomic mass is 9.95. The molecule has 0 aliphatic carbocycles. The number of likely N-dealkylation sites (tertiary alicyclic amines) is 1. The Bertz CT molecular complexity index is 1350. The van der Waals surface area contributed by atoms with E-state index in [4.69, 9.17) is 0 Å². The molecule has 43 heavy (non-hydrogen) atoms. The minimum atomic E-state index is -5.00. The van der Waals surface area contributed by atoms with Crippen LogP contribution in [0.5, 0.6) is 0 Å². The topological polar surface area (TPSA) is 60.9 Å². The van der Waals surface area contributed by atoms with Gasteiger partial charge in [-0.1, -0.05) is 30.3 Å². The van der Waals surface area contributed by atoms with Gasteiger partial charge >= 0.3 is 12.4 Å². The minimum absolute atomic E-state index is 0.0376. The number of carbonyl (C=O) groups is 3. The fraction of sp³-hybridized carbons (Fsp3) is 0.452. The Kier molecular flexibility index (Phi) is 9.56. The molecular formula is C31H33F6N3O3. The highest BCUT2D eigenvalue weighted by Crippen LogP contribution is 2.37. The summed E-state index contributed by atoms with van der Waals surface area (Å²) in [5.41, 5.74) is -1.40. The molecule has 2 aliphatic rings. The number of carbonyl (C=O) groups excluding carboxylic acids is 3. The molecule has 1 fully saturated rings. The van der Waals surface area contributed by atoms with Crippen LogP contribution in [0.1, 0.15) is 54.9 Å². The zero-order chi connectivity index (χ0) is 31.5. The van der Waals surface area contributed by atoms with Gasteiger partial charge in [-0.15, -0.1) is 0 Å². The molecule has 3 amide bonds. The van der Waals surface area contributed by atoms with Gasteiger partial charge in [0.25, 0.3) is 0 Å². The standard InChI is InChI=1S/C31H33F6N3O3/c1-20(41)39-12-8-23(9-13-39)28(42)40-14-10-26(22-6-4-3-5-7-22)27(11-15-40)29(43)38(2)19-21-16-24(30(32,33)34)18-25(17-21)31(35,36)37/h3-7,16-18,23H,8-15,19H2,1-2H3. The van der Waals surface area contributed by atoms with Crippen LogP contribution >= 0.6 is 0 Å². The molecule has 0 radical (unpaired) electrons. The summed E-state index contributed by atoms with van der Waals surface area (Å²) in [5.74, 6) is -0.876. The minimum Gasteiger partial charge on any atom is -0.343 e. The van der Waals surface area contributed by atoms with Crippen LogP contribution in [0.15, 0.2) is 54.1 Å². The molecule has 2 aliphatic heterocycles. The van der Waals surface area contributed by atoms with Crippen molar-refractivity contribution in [2.75, 3.05) is 33.2 Å². The predicted octanol–water partition coefficient (Wildman–Crippen LogP) is 6.02. The SMILES string of the molecule is CC(=O)N1CCC(C(=O)N2CCC(C(=O)N(C)Cc3cc(C(F)(F)F)cc(C(F)(F)F)c3)=C(c3ccccc3)CC2)CC1. The summed E-state index contributed by atoms with van der Waals surface area (Å²) in [6, 6.07) is 10.3. The number of amides is 3. The Morgan fingerprint density at radius 3 is 1.91 bits per heavy atom. The van der Waals surface area contributed by atoms with Gasteiger partial charge in [0.05, 0.1) is 11.1 Å². The van der Waals surface area contributed by atoms with Crippen molar-refractivity contribution in [2.24, 2.45) is 5.92 Å². The van der Waals surface area contributed by atoms with Crippen LogP contribution in [0.4, 0.5) is 26.3 Å². The number of benzene rings is 2. The number of alkyl halides is 6. The van der Waals surface area contributed by atoms with Gasteiger partial charge in [0.15, 0.2) is 0 Å². The van der Waals surface area contributed by atoms with Gasteiger partial charge in [-0.2, -0.15) is 26.3 Å². The number of likely N-dealkylation sites (N-methyl/N-ethyl adjacent to an activating group) is 1. The molecule has 0 spiro atoms. The van der Waals surface area contributed by atoms with Crippen LogP contribution in [0.25, 0.3) is 5.57 Å². The van der Waals surface area contributed by atoms with E-state index in [0.717, 1.165) is 10.5 Å². The second kappa shape index (κ2) is 12.8. The summed E-state index contributed by atoms with van der Waals surface area (Å²) < 4.78 is 80.4. The zero-order valence-electron chi connectivity index (χ0n) is 23.9. The molecule has 4 rings (SSSR count). The molecule has 2 heterocycles.